The van der Waals surface area contributed by atoms with E-state index < -0.39 is 12.3 Å². The molecule has 2 aliphatic heterocycles. The Bertz CT molecular complexity index is 993. The number of piperidine rings is 1. The fraction of sp³-hybridized carbons (Fsp3) is 0.409. The molecule has 2 aliphatic rings. The van der Waals surface area contributed by atoms with Crippen molar-refractivity contribution < 1.29 is 14.7 Å². The molecule has 3 heterocycles. The molecule has 1 saturated heterocycles. The number of carbonyl (C=O) groups excluding carboxylic acids is 2. The van der Waals surface area contributed by atoms with Crippen molar-refractivity contribution in [2.75, 3.05) is 11.9 Å². The molecular weight excluding hydrogens is 382 g/mol. The van der Waals surface area contributed by atoms with Crippen molar-refractivity contribution in [3.05, 3.63) is 47.3 Å². The molecule has 0 bridgehead atoms. The Morgan fingerprint density at radius 1 is 1.33 bits per heavy atom. The Labute approximate surface area is 175 Å². The summed E-state index contributed by atoms with van der Waals surface area (Å²) in [4.78, 5) is 26.0. The zero-order chi connectivity index (χ0) is 21.1. The maximum absolute atomic E-state index is 12.9. The van der Waals surface area contributed by atoms with Crippen LogP contribution in [0, 0.1) is 12.3 Å². The summed E-state index contributed by atoms with van der Waals surface area (Å²) in [5, 5.41) is 20.4. The topological polar surface area (TPSA) is 99.5 Å². The highest BCUT2D eigenvalue weighted by Gasteiger charge is 2.39. The molecule has 1 aromatic carbocycles. The standard InChI is InChI=1S/C22H25N5O3/c1-2-15-12-24-26(13-15)11-4-3-10-23-18-7-5-6-16-17(18)14-27(22(16)30)19-8-9-20(28)25-21(19)29/h1,5-7,12-13,19,21,23,29H,3-4,8-11,14H2,(H,25,28). The fourth-order valence-electron chi connectivity index (χ4n) is 4.07. The predicted molar refractivity (Wildman–Crippen MR) is 111 cm³/mol. The number of anilines is 1. The first-order valence-electron chi connectivity index (χ1n) is 10.2. The van der Waals surface area contributed by atoms with E-state index in [9.17, 15) is 14.7 Å². The quantitative estimate of drug-likeness (QED) is 0.475. The van der Waals surface area contributed by atoms with Gasteiger partial charge in [0.25, 0.3) is 5.91 Å². The first-order valence-corrected chi connectivity index (χ1v) is 10.2. The van der Waals surface area contributed by atoms with E-state index in [1.54, 1.807) is 11.1 Å². The maximum atomic E-state index is 12.9. The lowest BCUT2D eigenvalue weighted by atomic mass is 10.0. The number of aryl methyl sites for hydroxylation is 1. The number of aliphatic hydroxyl groups is 1. The van der Waals surface area contributed by atoms with Gasteiger partial charge in [-0.25, -0.2) is 0 Å². The number of unbranched alkanes of at least 4 members (excludes halogenated alkanes) is 1. The largest absolute Gasteiger partial charge is 0.385 e. The van der Waals surface area contributed by atoms with Gasteiger partial charge in [-0.2, -0.15) is 5.10 Å². The molecule has 1 fully saturated rings. The summed E-state index contributed by atoms with van der Waals surface area (Å²) in [5.74, 6) is 2.28. The zero-order valence-electron chi connectivity index (χ0n) is 16.7. The molecule has 2 amide bonds. The van der Waals surface area contributed by atoms with Crippen LogP contribution >= 0.6 is 0 Å². The zero-order valence-corrected chi connectivity index (χ0v) is 16.7. The van der Waals surface area contributed by atoms with Gasteiger partial charge in [-0.1, -0.05) is 12.0 Å². The molecule has 30 heavy (non-hydrogen) atoms. The van der Waals surface area contributed by atoms with Crippen molar-refractivity contribution in [2.24, 2.45) is 0 Å². The molecule has 4 rings (SSSR count). The second kappa shape index (κ2) is 8.59. The normalized spacial score (nSPS) is 20.6. The van der Waals surface area contributed by atoms with Crippen LogP contribution in [0.2, 0.25) is 0 Å². The number of nitrogens with one attached hydrogen (secondary N) is 2. The predicted octanol–water partition coefficient (Wildman–Crippen LogP) is 1.31. The van der Waals surface area contributed by atoms with E-state index >= 15 is 0 Å². The number of nitrogens with zero attached hydrogens (tertiary/aromatic N) is 3. The number of rotatable bonds is 7. The maximum Gasteiger partial charge on any atom is 0.254 e. The van der Waals surface area contributed by atoms with Gasteiger partial charge >= 0.3 is 0 Å². The van der Waals surface area contributed by atoms with E-state index in [-0.39, 0.29) is 11.8 Å². The van der Waals surface area contributed by atoms with E-state index in [0.717, 1.165) is 42.7 Å². The highest BCUT2D eigenvalue weighted by atomic mass is 16.3. The number of hydrogen-bond acceptors (Lipinski definition) is 5. The van der Waals surface area contributed by atoms with Crippen LogP contribution in [0.3, 0.4) is 0 Å². The summed E-state index contributed by atoms with van der Waals surface area (Å²) in [6.07, 6.45) is 10.5. The van der Waals surface area contributed by atoms with Gasteiger partial charge in [0.1, 0.15) is 6.23 Å². The Morgan fingerprint density at radius 3 is 2.97 bits per heavy atom. The lowest BCUT2D eigenvalue weighted by Crippen LogP contribution is -2.55. The lowest BCUT2D eigenvalue weighted by molar-refractivity contribution is -0.129. The molecule has 8 nitrogen and oxygen atoms in total. The summed E-state index contributed by atoms with van der Waals surface area (Å²) in [6, 6.07) is 5.25. The first kappa shape index (κ1) is 20.0. The summed E-state index contributed by atoms with van der Waals surface area (Å²) < 4.78 is 1.85. The Hall–Kier alpha value is -3.31. The van der Waals surface area contributed by atoms with Crippen molar-refractivity contribution in [3.8, 4) is 12.3 Å². The highest BCUT2D eigenvalue weighted by molar-refractivity contribution is 6.00. The van der Waals surface area contributed by atoms with Crippen molar-refractivity contribution in [3.63, 3.8) is 0 Å². The minimum atomic E-state index is -1.03. The van der Waals surface area contributed by atoms with Gasteiger partial charge in [-0.05, 0) is 31.4 Å². The van der Waals surface area contributed by atoms with E-state index in [1.165, 1.54) is 0 Å². The van der Waals surface area contributed by atoms with Crippen LogP contribution in [-0.4, -0.2) is 50.4 Å². The van der Waals surface area contributed by atoms with Gasteiger partial charge < -0.3 is 20.6 Å². The smallest absolute Gasteiger partial charge is 0.254 e. The molecule has 2 atom stereocenters. The second-order valence-corrected chi connectivity index (χ2v) is 7.65. The van der Waals surface area contributed by atoms with E-state index in [0.29, 0.717) is 24.9 Å². The SMILES string of the molecule is C#Cc1cnn(CCCCNc2cccc3c2CN(C2CCC(=O)NC2O)C3=O)c1. The molecule has 0 aliphatic carbocycles. The molecule has 0 spiro atoms. The van der Waals surface area contributed by atoms with Gasteiger partial charge in [0, 0.05) is 49.1 Å². The first-order chi connectivity index (χ1) is 14.6. The summed E-state index contributed by atoms with van der Waals surface area (Å²) in [7, 11) is 0. The summed E-state index contributed by atoms with van der Waals surface area (Å²) >= 11 is 0. The molecule has 8 heteroatoms. The Morgan fingerprint density at radius 2 is 2.20 bits per heavy atom. The van der Waals surface area contributed by atoms with E-state index in [2.05, 4.69) is 21.7 Å². The van der Waals surface area contributed by atoms with Crippen molar-refractivity contribution >= 4 is 17.5 Å². The number of aromatic nitrogens is 2. The third kappa shape index (κ3) is 4.02. The lowest BCUT2D eigenvalue weighted by Gasteiger charge is -2.35. The number of hydrogen-bond donors (Lipinski definition) is 3. The molecule has 3 N–H and O–H groups in total. The monoisotopic (exact) mass is 407 g/mol. The van der Waals surface area contributed by atoms with Crippen LogP contribution in [0.1, 0.15) is 47.2 Å². The average Bonchev–Trinajstić information content (AvgIpc) is 3.33. The van der Waals surface area contributed by atoms with Crippen molar-refractivity contribution in [2.45, 2.75) is 51.0 Å². The summed E-state index contributed by atoms with van der Waals surface area (Å²) in [6.45, 7) is 2.00. The molecule has 2 unspecified atom stereocenters. The van der Waals surface area contributed by atoms with Crippen LogP contribution in [0.4, 0.5) is 5.69 Å². The fourth-order valence-corrected chi connectivity index (χ4v) is 4.07. The molecular formula is C22H25N5O3. The van der Waals surface area contributed by atoms with Crippen LogP contribution in [-0.2, 0) is 17.9 Å². The van der Waals surface area contributed by atoms with Gasteiger partial charge in [0.05, 0.1) is 17.8 Å². The number of amides is 2. The summed E-state index contributed by atoms with van der Waals surface area (Å²) in [5.41, 5.74) is 3.32. The van der Waals surface area contributed by atoms with Crippen LogP contribution in [0.15, 0.2) is 30.6 Å². The van der Waals surface area contributed by atoms with Crippen LogP contribution in [0.5, 0.6) is 0 Å². The second-order valence-electron chi connectivity index (χ2n) is 7.65. The van der Waals surface area contributed by atoms with Gasteiger partial charge in [-0.15, -0.1) is 6.42 Å². The minimum Gasteiger partial charge on any atom is -0.385 e. The highest BCUT2D eigenvalue weighted by Crippen LogP contribution is 2.32. The Balaban J connectivity index is 1.33. The van der Waals surface area contributed by atoms with E-state index in [4.69, 9.17) is 6.42 Å². The minimum absolute atomic E-state index is 0.100. The number of terminal acetylenes is 1. The third-order valence-corrected chi connectivity index (χ3v) is 5.67. The van der Waals surface area contributed by atoms with Crippen molar-refractivity contribution in [1.29, 1.82) is 0 Å². The number of benzene rings is 1. The number of fused-ring (bicyclic) bond motifs is 1. The molecule has 0 saturated carbocycles. The third-order valence-electron chi connectivity index (χ3n) is 5.67. The number of carbonyl (C=O) groups is 2. The van der Waals surface area contributed by atoms with Crippen LogP contribution < -0.4 is 10.6 Å². The Kier molecular flexibility index (Phi) is 5.72. The van der Waals surface area contributed by atoms with Gasteiger partial charge in [-0.3, -0.25) is 14.3 Å². The van der Waals surface area contributed by atoms with Gasteiger partial charge in [0.15, 0.2) is 0 Å². The van der Waals surface area contributed by atoms with E-state index in [1.807, 2.05) is 29.1 Å². The van der Waals surface area contributed by atoms with Crippen LogP contribution in [0.25, 0.3) is 0 Å². The molecule has 156 valence electrons. The molecule has 2 aromatic rings. The molecule has 0 radical (unpaired) electrons. The average molecular weight is 407 g/mol. The number of aliphatic hydroxyl groups excluding tert-OH is 1. The van der Waals surface area contributed by atoms with Gasteiger partial charge in [0.2, 0.25) is 5.91 Å². The molecule has 1 aromatic heterocycles. The van der Waals surface area contributed by atoms with Crippen molar-refractivity contribution in [1.82, 2.24) is 20.0 Å².